The molecule has 9 heteroatoms. The number of aromatic nitrogens is 1. The molecule has 0 aliphatic carbocycles. The topological polar surface area (TPSA) is 135 Å². The average molecular weight is 443 g/mol. The summed E-state index contributed by atoms with van der Waals surface area (Å²) in [5.74, 6) is 0.300. The molecule has 0 unspecified atom stereocenters. The molecule has 1 heterocycles. The molecule has 4 rings (SSSR count). The van der Waals surface area contributed by atoms with Gasteiger partial charge in [-0.2, -0.15) is 0 Å². The molecule has 0 saturated heterocycles. The lowest BCUT2D eigenvalue weighted by molar-refractivity contribution is -0.384. The van der Waals surface area contributed by atoms with Gasteiger partial charge in [-0.05, 0) is 48.5 Å². The zero-order valence-electron chi connectivity index (χ0n) is 17.3. The molecule has 0 atom stereocenters. The molecule has 0 radical (unpaired) electrons. The molecule has 0 fully saturated rings. The normalized spacial score (nSPS) is 10.6. The molecular weight excluding hydrogens is 426 g/mol. The standard InChI is InChI=1S/C24H17N3O6/c1-32-22-13-20-18(12-19(22)24(25)29)21(10-11-26-20)33-17-8-4-15(5-9-17)23(28)14-2-6-16(7-3-14)27(30)31/h2-13H,1H3,(H2,25,29). The molecule has 164 valence electrons. The molecule has 0 saturated carbocycles. The predicted octanol–water partition coefficient (Wildman–Crippen LogP) is 4.27. The van der Waals surface area contributed by atoms with Crippen molar-refractivity contribution in [1.82, 2.24) is 4.98 Å². The van der Waals surface area contributed by atoms with Crippen LogP contribution in [0.15, 0.2) is 72.9 Å². The summed E-state index contributed by atoms with van der Waals surface area (Å²) >= 11 is 0. The Labute approximate surface area is 187 Å². The number of nitro groups is 1. The molecule has 0 aliphatic heterocycles. The van der Waals surface area contributed by atoms with Crippen LogP contribution in [0.5, 0.6) is 17.2 Å². The van der Waals surface area contributed by atoms with Crippen LogP contribution >= 0.6 is 0 Å². The number of carbonyl (C=O) groups excluding carboxylic acids is 2. The van der Waals surface area contributed by atoms with Gasteiger partial charge in [-0.15, -0.1) is 0 Å². The number of ketones is 1. The fraction of sp³-hybridized carbons (Fsp3) is 0.0417. The molecule has 0 spiro atoms. The highest BCUT2D eigenvalue weighted by Gasteiger charge is 2.15. The number of hydrogen-bond acceptors (Lipinski definition) is 7. The minimum Gasteiger partial charge on any atom is -0.496 e. The second kappa shape index (κ2) is 8.75. The van der Waals surface area contributed by atoms with E-state index in [9.17, 15) is 19.7 Å². The van der Waals surface area contributed by atoms with Crippen LogP contribution in [0, 0.1) is 10.1 Å². The maximum Gasteiger partial charge on any atom is 0.269 e. The van der Waals surface area contributed by atoms with Gasteiger partial charge in [0.15, 0.2) is 5.78 Å². The summed E-state index contributed by atoms with van der Waals surface area (Å²) in [6, 6.07) is 16.7. The number of fused-ring (bicyclic) bond motifs is 1. The Morgan fingerprint density at radius 1 is 0.939 bits per heavy atom. The first kappa shape index (κ1) is 21.4. The number of primary amides is 1. The van der Waals surface area contributed by atoms with Crippen molar-refractivity contribution in [3.8, 4) is 17.2 Å². The van der Waals surface area contributed by atoms with Gasteiger partial charge in [-0.25, -0.2) is 0 Å². The van der Waals surface area contributed by atoms with E-state index in [4.69, 9.17) is 15.2 Å². The highest BCUT2D eigenvalue weighted by atomic mass is 16.6. The zero-order chi connectivity index (χ0) is 23.5. The van der Waals surface area contributed by atoms with E-state index in [0.717, 1.165) is 0 Å². The molecule has 4 aromatic rings. The van der Waals surface area contributed by atoms with Gasteiger partial charge in [-0.1, -0.05) is 0 Å². The van der Waals surface area contributed by atoms with Crippen LogP contribution in [-0.2, 0) is 0 Å². The average Bonchev–Trinajstić information content (AvgIpc) is 2.83. The van der Waals surface area contributed by atoms with E-state index in [0.29, 0.717) is 39.3 Å². The number of methoxy groups -OCH3 is 1. The Balaban J connectivity index is 1.60. The number of amides is 1. The number of benzene rings is 3. The number of rotatable bonds is 7. The second-order valence-corrected chi connectivity index (χ2v) is 7.00. The van der Waals surface area contributed by atoms with Crippen molar-refractivity contribution < 1.29 is 24.0 Å². The molecule has 3 aromatic carbocycles. The van der Waals surface area contributed by atoms with Crippen molar-refractivity contribution in [2.45, 2.75) is 0 Å². The van der Waals surface area contributed by atoms with Crippen LogP contribution in [0.25, 0.3) is 10.9 Å². The second-order valence-electron chi connectivity index (χ2n) is 7.00. The molecule has 33 heavy (non-hydrogen) atoms. The number of ether oxygens (including phenoxy) is 2. The number of nitro benzene ring substituents is 1. The minimum absolute atomic E-state index is 0.0861. The van der Waals surface area contributed by atoms with Gasteiger partial charge in [0, 0.05) is 40.9 Å². The summed E-state index contributed by atoms with van der Waals surface area (Å²) in [5, 5.41) is 11.3. The zero-order valence-corrected chi connectivity index (χ0v) is 17.3. The lowest BCUT2D eigenvalue weighted by atomic mass is 10.0. The van der Waals surface area contributed by atoms with Gasteiger partial charge in [-0.3, -0.25) is 24.7 Å². The van der Waals surface area contributed by atoms with E-state index in [1.54, 1.807) is 48.7 Å². The molecular formula is C24H17N3O6. The summed E-state index contributed by atoms with van der Waals surface area (Å²) in [5.41, 5.74) is 6.86. The highest BCUT2D eigenvalue weighted by Crippen LogP contribution is 2.33. The highest BCUT2D eigenvalue weighted by molar-refractivity contribution is 6.09. The smallest absolute Gasteiger partial charge is 0.269 e. The quantitative estimate of drug-likeness (QED) is 0.256. The van der Waals surface area contributed by atoms with Gasteiger partial charge in [0.05, 0.1) is 23.1 Å². The number of carbonyl (C=O) groups is 2. The molecule has 9 nitrogen and oxygen atoms in total. The number of hydrogen-bond donors (Lipinski definition) is 1. The Morgan fingerprint density at radius 2 is 1.58 bits per heavy atom. The Morgan fingerprint density at radius 3 is 2.15 bits per heavy atom. The number of pyridine rings is 1. The first-order chi connectivity index (χ1) is 15.9. The van der Waals surface area contributed by atoms with Gasteiger partial charge in [0.2, 0.25) is 0 Å². The Hall–Kier alpha value is -4.79. The number of nitrogens with zero attached hydrogens (tertiary/aromatic N) is 2. The lowest BCUT2D eigenvalue weighted by Gasteiger charge is -2.12. The van der Waals surface area contributed by atoms with E-state index >= 15 is 0 Å². The molecule has 1 aromatic heterocycles. The van der Waals surface area contributed by atoms with Crippen LogP contribution < -0.4 is 15.2 Å². The Kier molecular flexibility index (Phi) is 5.69. The summed E-state index contributed by atoms with van der Waals surface area (Å²) in [4.78, 5) is 39.0. The minimum atomic E-state index is -0.641. The lowest BCUT2D eigenvalue weighted by Crippen LogP contribution is -2.12. The monoisotopic (exact) mass is 443 g/mol. The number of non-ortho nitro benzene ring substituents is 1. The third kappa shape index (κ3) is 4.33. The Bertz CT molecular complexity index is 1380. The van der Waals surface area contributed by atoms with Crippen molar-refractivity contribution in [2.75, 3.05) is 7.11 Å². The molecule has 0 aliphatic rings. The van der Waals surface area contributed by atoms with E-state index in [1.807, 2.05) is 0 Å². The first-order valence-corrected chi connectivity index (χ1v) is 9.71. The van der Waals surface area contributed by atoms with Gasteiger partial charge in [0.25, 0.3) is 11.6 Å². The van der Waals surface area contributed by atoms with Crippen LogP contribution in [0.1, 0.15) is 26.3 Å². The fourth-order valence-electron chi connectivity index (χ4n) is 3.30. The van der Waals surface area contributed by atoms with Crippen molar-refractivity contribution >= 4 is 28.3 Å². The molecule has 2 N–H and O–H groups in total. The summed E-state index contributed by atoms with van der Waals surface area (Å²) in [6.45, 7) is 0. The van der Waals surface area contributed by atoms with Crippen molar-refractivity contribution in [1.29, 1.82) is 0 Å². The van der Waals surface area contributed by atoms with Gasteiger partial charge in [0.1, 0.15) is 17.2 Å². The molecule has 1 amide bonds. The maximum absolute atomic E-state index is 12.7. The number of nitrogens with two attached hydrogens (primary N) is 1. The van der Waals surface area contributed by atoms with Crippen molar-refractivity contribution in [3.63, 3.8) is 0 Å². The SMILES string of the molecule is COc1cc2nccc(Oc3ccc(C(=O)c4ccc([N+](=O)[O-])cc4)cc3)c2cc1C(N)=O. The van der Waals surface area contributed by atoms with E-state index in [-0.39, 0.29) is 17.0 Å². The molecule has 0 bridgehead atoms. The van der Waals surface area contributed by atoms with Gasteiger partial charge < -0.3 is 15.2 Å². The largest absolute Gasteiger partial charge is 0.496 e. The van der Waals surface area contributed by atoms with E-state index in [1.165, 1.54) is 31.4 Å². The first-order valence-electron chi connectivity index (χ1n) is 9.71. The predicted molar refractivity (Wildman–Crippen MR) is 120 cm³/mol. The fourth-order valence-corrected chi connectivity index (χ4v) is 3.30. The van der Waals surface area contributed by atoms with Crippen LogP contribution in [-0.4, -0.2) is 28.7 Å². The van der Waals surface area contributed by atoms with Crippen LogP contribution in [0.2, 0.25) is 0 Å². The van der Waals surface area contributed by atoms with Crippen molar-refractivity contribution in [3.05, 3.63) is 99.7 Å². The summed E-state index contributed by atoms with van der Waals surface area (Å²) in [7, 11) is 1.44. The third-order valence-electron chi connectivity index (χ3n) is 4.97. The van der Waals surface area contributed by atoms with E-state index < -0.39 is 10.8 Å². The maximum atomic E-state index is 12.7. The van der Waals surface area contributed by atoms with Crippen LogP contribution in [0.3, 0.4) is 0 Å². The summed E-state index contributed by atoms with van der Waals surface area (Å²) < 4.78 is 11.2. The van der Waals surface area contributed by atoms with Gasteiger partial charge >= 0.3 is 0 Å². The van der Waals surface area contributed by atoms with E-state index in [2.05, 4.69) is 4.98 Å². The van der Waals surface area contributed by atoms with Crippen molar-refractivity contribution in [2.24, 2.45) is 5.73 Å². The summed E-state index contributed by atoms with van der Waals surface area (Å²) in [6.07, 6.45) is 1.56. The van der Waals surface area contributed by atoms with Crippen LogP contribution in [0.4, 0.5) is 5.69 Å². The third-order valence-corrected chi connectivity index (χ3v) is 4.97.